The van der Waals surface area contributed by atoms with Crippen LogP contribution in [0.4, 0.5) is 5.95 Å². The molecule has 1 aromatic carbocycles. The van der Waals surface area contributed by atoms with E-state index in [0.29, 0.717) is 10.7 Å². The maximum absolute atomic E-state index is 6.20. The van der Waals surface area contributed by atoms with Crippen molar-refractivity contribution in [3.8, 4) is 0 Å². The third-order valence-corrected chi connectivity index (χ3v) is 6.06. The van der Waals surface area contributed by atoms with Crippen LogP contribution in [0.3, 0.4) is 0 Å². The zero-order valence-corrected chi connectivity index (χ0v) is 13.2. The van der Waals surface area contributed by atoms with Gasteiger partial charge in [0.25, 0.3) is 0 Å². The van der Waals surface area contributed by atoms with Crippen molar-refractivity contribution >= 4 is 28.7 Å². The summed E-state index contributed by atoms with van der Waals surface area (Å²) in [5.74, 6) is 0.660. The third kappa shape index (κ3) is 2.30. The molecule has 4 heteroatoms. The van der Waals surface area contributed by atoms with Crippen LogP contribution in [0.1, 0.15) is 37.7 Å². The number of nitrogen functional groups attached to an aromatic ring is 1. The number of anilines is 1. The molecule has 3 nitrogen and oxygen atoms in total. The number of para-hydroxylation sites is 1. The molecular formula is C16H23N3S. The molecule has 108 valence electrons. The van der Waals surface area contributed by atoms with Crippen molar-refractivity contribution in [1.29, 1.82) is 0 Å². The van der Waals surface area contributed by atoms with Crippen molar-refractivity contribution in [1.82, 2.24) is 9.55 Å². The SMILES string of the molecule is CSC1(Cn2c(N)nc3c(C)cccc32)CCCCC1. The molecule has 0 unspecified atom stereocenters. The number of nitrogens with two attached hydrogens (primary N) is 1. The Hall–Kier alpha value is -1.16. The van der Waals surface area contributed by atoms with Gasteiger partial charge in [-0.3, -0.25) is 0 Å². The van der Waals surface area contributed by atoms with Gasteiger partial charge in [0.2, 0.25) is 5.95 Å². The Morgan fingerprint density at radius 1 is 1.30 bits per heavy atom. The Kier molecular flexibility index (Phi) is 3.67. The van der Waals surface area contributed by atoms with Crippen molar-refractivity contribution in [3.05, 3.63) is 23.8 Å². The average molecular weight is 289 g/mol. The summed E-state index contributed by atoms with van der Waals surface area (Å²) in [6.45, 7) is 3.09. The van der Waals surface area contributed by atoms with E-state index in [9.17, 15) is 0 Å². The van der Waals surface area contributed by atoms with E-state index in [2.05, 4.69) is 40.9 Å². The van der Waals surface area contributed by atoms with Crippen LogP contribution < -0.4 is 5.73 Å². The highest BCUT2D eigenvalue weighted by Crippen LogP contribution is 2.41. The number of rotatable bonds is 3. The quantitative estimate of drug-likeness (QED) is 0.929. The molecule has 1 aromatic heterocycles. The summed E-state index contributed by atoms with van der Waals surface area (Å²) in [5.41, 5.74) is 9.63. The van der Waals surface area contributed by atoms with Crippen LogP contribution in [0.25, 0.3) is 11.0 Å². The van der Waals surface area contributed by atoms with E-state index in [1.807, 2.05) is 11.8 Å². The number of hydrogen-bond donors (Lipinski definition) is 1. The molecule has 0 aliphatic heterocycles. The second-order valence-electron chi connectivity index (χ2n) is 5.95. The fraction of sp³-hybridized carbons (Fsp3) is 0.562. The average Bonchev–Trinajstić information content (AvgIpc) is 2.78. The molecule has 1 fully saturated rings. The van der Waals surface area contributed by atoms with Crippen molar-refractivity contribution in [2.75, 3.05) is 12.0 Å². The predicted molar refractivity (Wildman–Crippen MR) is 88.2 cm³/mol. The van der Waals surface area contributed by atoms with E-state index in [0.717, 1.165) is 12.1 Å². The monoisotopic (exact) mass is 289 g/mol. The predicted octanol–water partition coefficient (Wildman–Crippen LogP) is 3.99. The van der Waals surface area contributed by atoms with E-state index in [1.165, 1.54) is 43.2 Å². The lowest BCUT2D eigenvalue weighted by atomic mass is 9.88. The molecule has 0 radical (unpaired) electrons. The highest BCUT2D eigenvalue weighted by Gasteiger charge is 2.32. The van der Waals surface area contributed by atoms with Crippen molar-refractivity contribution in [2.24, 2.45) is 0 Å². The number of hydrogen-bond acceptors (Lipinski definition) is 3. The Bertz CT molecular complexity index is 611. The number of nitrogens with zero attached hydrogens (tertiary/aromatic N) is 2. The van der Waals surface area contributed by atoms with Gasteiger partial charge in [0.05, 0.1) is 11.0 Å². The maximum Gasteiger partial charge on any atom is 0.201 e. The van der Waals surface area contributed by atoms with Crippen LogP contribution in [0.5, 0.6) is 0 Å². The van der Waals surface area contributed by atoms with Crippen LogP contribution in [-0.4, -0.2) is 20.6 Å². The second-order valence-corrected chi connectivity index (χ2v) is 7.22. The van der Waals surface area contributed by atoms with Crippen molar-refractivity contribution < 1.29 is 0 Å². The second kappa shape index (κ2) is 5.32. The van der Waals surface area contributed by atoms with E-state index in [1.54, 1.807) is 0 Å². The molecule has 3 rings (SSSR count). The summed E-state index contributed by atoms with van der Waals surface area (Å²) < 4.78 is 2.56. The molecule has 0 spiro atoms. The molecule has 20 heavy (non-hydrogen) atoms. The van der Waals surface area contributed by atoms with Gasteiger partial charge in [-0.1, -0.05) is 31.4 Å². The fourth-order valence-corrected chi connectivity index (χ4v) is 4.34. The van der Waals surface area contributed by atoms with Gasteiger partial charge >= 0.3 is 0 Å². The molecule has 1 aliphatic carbocycles. The lowest BCUT2D eigenvalue weighted by molar-refractivity contribution is 0.363. The molecular weight excluding hydrogens is 266 g/mol. The van der Waals surface area contributed by atoms with Gasteiger partial charge in [-0.05, 0) is 37.7 Å². The molecule has 0 saturated heterocycles. The first-order chi connectivity index (χ1) is 9.65. The molecule has 0 atom stereocenters. The molecule has 1 heterocycles. The van der Waals surface area contributed by atoms with Crippen LogP contribution in [0.15, 0.2) is 18.2 Å². The highest BCUT2D eigenvalue weighted by atomic mass is 32.2. The fourth-order valence-electron chi connectivity index (χ4n) is 3.38. The maximum atomic E-state index is 6.20. The Morgan fingerprint density at radius 2 is 2.05 bits per heavy atom. The number of fused-ring (bicyclic) bond motifs is 1. The summed E-state index contributed by atoms with van der Waals surface area (Å²) in [7, 11) is 0. The number of aromatic nitrogens is 2. The smallest absolute Gasteiger partial charge is 0.201 e. The largest absolute Gasteiger partial charge is 0.369 e. The number of thioether (sulfide) groups is 1. The van der Waals surface area contributed by atoms with E-state index >= 15 is 0 Å². The number of aryl methyl sites for hydroxylation is 1. The van der Waals surface area contributed by atoms with Crippen LogP contribution >= 0.6 is 11.8 Å². The summed E-state index contributed by atoms with van der Waals surface area (Å²) >= 11 is 2.01. The van der Waals surface area contributed by atoms with Gasteiger partial charge in [-0.2, -0.15) is 11.8 Å². The zero-order valence-electron chi connectivity index (χ0n) is 12.4. The van der Waals surface area contributed by atoms with Gasteiger partial charge in [0.1, 0.15) is 0 Å². The van der Waals surface area contributed by atoms with Gasteiger partial charge in [0, 0.05) is 11.3 Å². The van der Waals surface area contributed by atoms with Crippen molar-refractivity contribution in [3.63, 3.8) is 0 Å². The molecule has 2 aromatic rings. The minimum atomic E-state index is 0.337. The number of benzene rings is 1. The Morgan fingerprint density at radius 3 is 2.75 bits per heavy atom. The third-order valence-electron chi connectivity index (χ3n) is 4.65. The summed E-state index contributed by atoms with van der Waals surface area (Å²) in [6.07, 6.45) is 8.88. The number of imidazole rings is 1. The first-order valence-electron chi connectivity index (χ1n) is 7.42. The van der Waals surface area contributed by atoms with E-state index in [4.69, 9.17) is 5.73 Å². The van der Waals surface area contributed by atoms with Crippen LogP contribution in [0.2, 0.25) is 0 Å². The standard InChI is InChI=1S/C16H23N3S/c1-12-7-6-8-13-14(12)18-15(17)19(13)11-16(20-2)9-4-3-5-10-16/h6-8H,3-5,9-11H2,1-2H3,(H2,17,18). The summed E-state index contributed by atoms with van der Waals surface area (Å²) in [4.78, 5) is 4.58. The molecule has 1 saturated carbocycles. The molecule has 0 bridgehead atoms. The summed E-state index contributed by atoms with van der Waals surface area (Å²) in [5, 5.41) is 0. The van der Waals surface area contributed by atoms with E-state index < -0.39 is 0 Å². The van der Waals surface area contributed by atoms with Crippen molar-refractivity contribution in [2.45, 2.75) is 50.3 Å². The summed E-state index contributed by atoms with van der Waals surface area (Å²) in [6, 6.07) is 6.34. The lowest BCUT2D eigenvalue weighted by Crippen LogP contribution is -2.33. The van der Waals surface area contributed by atoms with Gasteiger partial charge in [-0.25, -0.2) is 4.98 Å². The van der Waals surface area contributed by atoms with E-state index in [-0.39, 0.29) is 0 Å². The van der Waals surface area contributed by atoms with Crippen LogP contribution in [0, 0.1) is 6.92 Å². The van der Waals surface area contributed by atoms with Gasteiger partial charge in [0.15, 0.2) is 0 Å². The van der Waals surface area contributed by atoms with Crippen LogP contribution in [-0.2, 0) is 6.54 Å². The lowest BCUT2D eigenvalue weighted by Gasteiger charge is -2.36. The molecule has 0 amide bonds. The Balaban J connectivity index is 2.01. The van der Waals surface area contributed by atoms with Gasteiger partial charge in [-0.15, -0.1) is 0 Å². The Labute approximate surface area is 124 Å². The topological polar surface area (TPSA) is 43.8 Å². The molecule has 1 aliphatic rings. The molecule has 2 N–H and O–H groups in total. The van der Waals surface area contributed by atoms with Gasteiger partial charge < -0.3 is 10.3 Å². The first kappa shape index (κ1) is 13.8. The minimum absolute atomic E-state index is 0.337. The minimum Gasteiger partial charge on any atom is -0.369 e. The first-order valence-corrected chi connectivity index (χ1v) is 8.64. The normalized spacial score (nSPS) is 18.5. The zero-order chi connectivity index (χ0) is 14.2. The highest BCUT2D eigenvalue weighted by molar-refractivity contribution is 8.00.